The molecule has 4 nitrogen and oxygen atoms in total. The van der Waals surface area contributed by atoms with Gasteiger partial charge in [-0.1, -0.05) is 32.0 Å². The highest BCUT2D eigenvalue weighted by atomic mass is 16.5. The number of aliphatic hydroxyl groups excluding tert-OH is 1. The van der Waals surface area contributed by atoms with Crippen LogP contribution in [0.5, 0.6) is 0 Å². The summed E-state index contributed by atoms with van der Waals surface area (Å²) in [5.74, 6) is 1.59. The Labute approximate surface area is 103 Å². The molecule has 17 heavy (non-hydrogen) atoms. The molecule has 0 aliphatic heterocycles. The maximum atomic E-state index is 9.01. The van der Waals surface area contributed by atoms with Crippen LogP contribution in [0.25, 0.3) is 0 Å². The van der Waals surface area contributed by atoms with E-state index in [2.05, 4.69) is 37.5 Å². The Morgan fingerprint density at radius 1 is 1.47 bits per heavy atom. The van der Waals surface area contributed by atoms with Crippen LogP contribution in [-0.2, 0) is 11.8 Å². The van der Waals surface area contributed by atoms with Crippen LogP contribution in [0, 0.1) is 5.92 Å². The van der Waals surface area contributed by atoms with E-state index in [0.717, 1.165) is 25.1 Å². The van der Waals surface area contributed by atoms with Crippen LogP contribution in [0.15, 0.2) is 17.2 Å². The Balaban J connectivity index is 2.43. The summed E-state index contributed by atoms with van der Waals surface area (Å²) in [6.07, 6.45) is 4.36. The van der Waals surface area contributed by atoms with Crippen molar-refractivity contribution in [3.8, 4) is 0 Å². The molecule has 0 fully saturated rings. The molecule has 1 unspecified atom stereocenters. The van der Waals surface area contributed by atoms with Crippen LogP contribution in [0.4, 0.5) is 0 Å². The SMILES string of the molecule is C=CC(CO)CCCc1nc(C(C)(C)C)no1. The normalized spacial score (nSPS) is 13.6. The minimum Gasteiger partial charge on any atom is -0.396 e. The lowest BCUT2D eigenvalue weighted by Gasteiger charge is -2.10. The summed E-state index contributed by atoms with van der Waals surface area (Å²) in [6, 6.07) is 0. The van der Waals surface area contributed by atoms with Gasteiger partial charge < -0.3 is 9.63 Å². The molecule has 4 heteroatoms. The monoisotopic (exact) mass is 238 g/mol. The third-order valence-electron chi connectivity index (χ3n) is 2.67. The van der Waals surface area contributed by atoms with Crippen molar-refractivity contribution in [2.75, 3.05) is 6.61 Å². The molecular formula is C13H22N2O2. The Kier molecular flexibility index (Phi) is 4.87. The molecule has 1 aromatic heterocycles. The summed E-state index contributed by atoms with van der Waals surface area (Å²) < 4.78 is 5.19. The molecule has 0 aliphatic rings. The van der Waals surface area contributed by atoms with Gasteiger partial charge in [-0.25, -0.2) is 0 Å². The first-order valence-corrected chi connectivity index (χ1v) is 6.04. The first-order valence-electron chi connectivity index (χ1n) is 6.04. The molecule has 96 valence electrons. The van der Waals surface area contributed by atoms with Crippen molar-refractivity contribution >= 4 is 0 Å². The molecule has 0 aliphatic carbocycles. The molecular weight excluding hydrogens is 216 g/mol. The molecule has 1 N–H and O–H groups in total. The van der Waals surface area contributed by atoms with Gasteiger partial charge in [-0.05, 0) is 18.8 Å². The first kappa shape index (κ1) is 13.9. The molecule has 0 aromatic carbocycles. The number of nitrogens with zero attached hydrogens (tertiary/aromatic N) is 2. The van der Waals surface area contributed by atoms with Gasteiger partial charge in [-0.2, -0.15) is 4.98 Å². The fourth-order valence-corrected chi connectivity index (χ4v) is 1.46. The zero-order chi connectivity index (χ0) is 12.9. The Morgan fingerprint density at radius 2 is 2.18 bits per heavy atom. The molecule has 0 saturated heterocycles. The standard InChI is InChI=1S/C13H22N2O2/c1-5-10(9-16)7-6-8-11-14-12(15-17-11)13(2,3)4/h5,10,16H,1,6-9H2,2-4H3. The number of aliphatic hydroxyl groups is 1. The van der Waals surface area contributed by atoms with E-state index in [1.54, 1.807) is 6.08 Å². The van der Waals surface area contributed by atoms with Crippen molar-refractivity contribution in [3.63, 3.8) is 0 Å². The number of aryl methyl sites for hydroxylation is 1. The van der Waals surface area contributed by atoms with Crippen molar-refractivity contribution in [2.24, 2.45) is 5.92 Å². The quantitative estimate of drug-likeness (QED) is 0.773. The molecule has 0 spiro atoms. The van der Waals surface area contributed by atoms with Gasteiger partial charge in [0.05, 0.1) is 0 Å². The van der Waals surface area contributed by atoms with Crippen LogP contribution >= 0.6 is 0 Å². The summed E-state index contributed by atoms with van der Waals surface area (Å²) in [5.41, 5.74) is -0.0729. The lowest BCUT2D eigenvalue weighted by atomic mass is 9.96. The fraction of sp³-hybridized carbons (Fsp3) is 0.692. The molecule has 0 radical (unpaired) electrons. The Bertz CT molecular complexity index is 353. The summed E-state index contributed by atoms with van der Waals surface area (Å²) >= 11 is 0. The molecule has 1 aromatic rings. The first-order chi connectivity index (χ1) is 7.97. The lowest BCUT2D eigenvalue weighted by Crippen LogP contribution is -2.13. The van der Waals surface area contributed by atoms with E-state index in [1.165, 1.54) is 0 Å². The van der Waals surface area contributed by atoms with Crippen LogP contribution in [0.3, 0.4) is 0 Å². The highest BCUT2D eigenvalue weighted by Crippen LogP contribution is 2.19. The van der Waals surface area contributed by atoms with Crippen LogP contribution < -0.4 is 0 Å². The summed E-state index contributed by atoms with van der Waals surface area (Å²) in [7, 11) is 0. The predicted octanol–water partition coefficient (Wildman–Crippen LogP) is 2.48. The third kappa shape index (κ3) is 4.30. The van der Waals surface area contributed by atoms with E-state index in [0.29, 0.717) is 5.89 Å². The van der Waals surface area contributed by atoms with E-state index in [-0.39, 0.29) is 17.9 Å². The van der Waals surface area contributed by atoms with Gasteiger partial charge in [0.15, 0.2) is 5.82 Å². The van der Waals surface area contributed by atoms with Gasteiger partial charge in [-0.15, -0.1) is 6.58 Å². The Morgan fingerprint density at radius 3 is 2.65 bits per heavy atom. The van der Waals surface area contributed by atoms with E-state index >= 15 is 0 Å². The molecule has 1 heterocycles. The van der Waals surface area contributed by atoms with Gasteiger partial charge in [0.1, 0.15) is 0 Å². The zero-order valence-corrected chi connectivity index (χ0v) is 10.9. The maximum Gasteiger partial charge on any atom is 0.226 e. The van der Waals surface area contributed by atoms with Gasteiger partial charge in [0, 0.05) is 18.4 Å². The van der Waals surface area contributed by atoms with Gasteiger partial charge in [0.25, 0.3) is 0 Å². The second-order valence-corrected chi connectivity index (χ2v) is 5.33. The van der Waals surface area contributed by atoms with Crippen LogP contribution in [0.1, 0.15) is 45.3 Å². The fourth-order valence-electron chi connectivity index (χ4n) is 1.46. The average molecular weight is 238 g/mol. The smallest absolute Gasteiger partial charge is 0.226 e. The minimum absolute atomic E-state index is 0.0729. The number of hydrogen-bond acceptors (Lipinski definition) is 4. The topological polar surface area (TPSA) is 59.2 Å². The van der Waals surface area contributed by atoms with Crippen molar-refractivity contribution in [1.29, 1.82) is 0 Å². The molecule has 1 atom stereocenters. The van der Waals surface area contributed by atoms with Crippen molar-refractivity contribution < 1.29 is 9.63 Å². The van der Waals surface area contributed by atoms with Crippen LogP contribution in [-0.4, -0.2) is 21.9 Å². The van der Waals surface area contributed by atoms with Gasteiger partial charge in [0.2, 0.25) is 5.89 Å². The van der Waals surface area contributed by atoms with Crippen molar-refractivity contribution in [2.45, 2.75) is 45.4 Å². The third-order valence-corrected chi connectivity index (χ3v) is 2.67. The maximum absolute atomic E-state index is 9.01. The number of hydrogen-bond donors (Lipinski definition) is 1. The van der Waals surface area contributed by atoms with Gasteiger partial charge in [-0.3, -0.25) is 0 Å². The van der Waals surface area contributed by atoms with E-state index in [9.17, 15) is 0 Å². The average Bonchev–Trinajstić information content (AvgIpc) is 2.73. The van der Waals surface area contributed by atoms with E-state index in [1.807, 2.05) is 0 Å². The minimum atomic E-state index is -0.0729. The second-order valence-electron chi connectivity index (χ2n) is 5.33. The highest BCUT2D eigenvalue weighted by molar-refractivity contribution is 4.99. The summed E-state index contributed by atoms with van der Waals surface area (Å²) in [5, 5.41) is 13.0. The summed E-state index contributed by atoms with van der Waals surface area (Å²) in [4.78, 5) is 4.36. The molecule has 0 amide bonds. The second kappa shape index (κ2) is 5.96. The largest absolute Gasteiger partial charge is 0.396 e. The van der Waals surface area contributed by atoms with E-state index < -0.39 is 0 Å². The van der Waals surface area contributed by atoms with Crippen LogP contribution in [0.2, 0.25) is 0 Å². The number of aromatic nitrogens is 2. The highest BCUT2D eigenvalue weighted by Gasteiger charge is 2.20. The number of rotatable bonds is 6. The lowest BCUT2D eigenvalue weighted by molar-refractivity contribution is 0.243. The molecule has 1 rings (SSSR count). The van der Waals surface area contributed by atoms with Crippen molar-refractivity contribution in [1.82, 2.24) is 10.1 Å². The molecule has 0 saturated carbocycles. The zero-order valence-electron chi connectivity index (χ0n) is 10.9. The van der Waals surface area contributed by atoms with Crippen molar-refractivity contribution in [3.05, 3.63) is 24.4 Å². The summed E-state index contributed by atoms with van der Waals surface area (Å²) in [6.45, 7) is 10.0. The Hall–Kier alpha value is -1.16. The van der Waals surface area contributed by atoms with Gasteiger partial charge >= 0.3 is 0 Å². The predicted molar refractivity (Wildman–Crippen MR) is 66.7 cm³/mol. The van der Waals surface area contributed by atoms with E-state index in [4.69, 9.17) is 9.63 Å². The molecule has 0 bridgehead atoms.